The third kappa shape index (κ3) is 3.11. The van der Waals surface area contributed by atoms with Crippen molar-refractivity contribution >= 4 is 11.6 Å². The van der Waals surface area contributed by atoms with E-state index in [9.17, 15) is 4.79 Å². The predicted octanol–water partition coefficient (Wildman–Crippen LogP) is 3.70. The van der Waals surface area contributed by atoms with E-state index in [1.54, 1.807) is 19.0 Å². The zero-order valence-corrected chi connectivity index (χ0v) is 13.6. The molecule has 4 nitrogen and oxygen atoms in total. The Kier molecular flexibility index (Phi) is 4.15. The van der Waals surface area contributed by atoms with Gasteiger partial charge in [0.1, 0.15) is 5.75 Å². The molecule has 118 valence electrons. The number of carbonyl (C=O) groups excluding carboxylic acids is 1. The molecule has 0 saturated carbocycles. The molecule has 0 unspecified atom stereocenters. The van der Waals surface area contributed by atoms with Crippen LogP contribution < -0.4 is 4.74 Å². The molecule has 1 atom stereocenters. The quantitative estimate of drug-likeness (QED) is 0.867. The maximum absolute atomic E-state index is 12.0. The molecule has 0 aromatic heterocycles. The van der Waals surface area contributed by atoms with Crippen molar-refractivity contribution in [3.8, 4) is 5.75 Å². The second-order valence-corrected chi connectivity index (χ2v) is 5.78. The molecule has 0 spiro atoms. The lowest BCUT2D eigenvalue weighted by molar-refractivity contribution is -0.130. The van der Waals surface area contributed by atoms with E-state index < -0.39 is 0 Å². The highest BCUT2D eigenvalue weighted by molar-refractivity contribution is 6.03. The minimum atomic E-state index is -0.0851. The van der Waals surface area contributed by atoms with Crippen molar-refractivity contribution < 1.29 is 9.53 Å². The molecule has 1 amide bonds. The first-order chi connectivity index (χ1) is 11.1. The lowest BCUT2D eigenvalue weighted by atomic mass is 9.97. The molecule has 2 aromatic carbocycles. The van der Waals surface area contributed by atoms with Gasteiger partial charge in [-0.05, 0) is 30.2 Å². The van der Waals surface area contributed by atoms with E-state index in [0.717, 1.165) is 22.6 Å². The van der Waals surface area contributed by atoms with E-state index in [1.807, 2.05) is 36.4 Å². The molecule has 1 aliphatic heterocycles. The summed E-state index contributed by atoms with van der Waals surface area (Å²) in [5, 5.41) is 6.15. The zero-order chi connectivity index (χ0) is 16.4. The van der Waals surface area contributed by atoms with Crippen molar-refractivity contribution in [1.82, 2.24) is 5.01 Å². The van der Waals surface area contributed by atoms with Crippen molar-refractivity contribution in [2.45, 2.75) is 26.3 Å². The van der Waals surface area contributed by atoms with Gasteiger partial charge in [-0.25, -0.2) is 5.01 Å². The summed E-state index contributed by atoms with van der Waals surface area (Å²) in [6, 6.07) is 16.0. The molecule has 1 aliphatic rings. The smallest absolute Gasteiger partial charge is 0.240 e. The van der Waals surface area contributed by atoms with Crippen molar-refractivity contribution in [3.05, 3.63) is 65.2 Å². The number of hydrazone groups is 1. The van der Waals surface area contributed by atoms with Gasteiger partial charge in [0.25, 0.3) is 0 Å². The Labute approximate surface area is 136 Å². The molecule has 0 bridgehead atoms. The second kappa shape index (κ2) is 6.24. The van der Waals surface area contributed by atoms with Gasteiger partial charge in [-0.1, -0.05) is 42.0 Å². The number of hydrogen-bond donors (Lipinski definition) is 0. The van der Waals surface area contributed by atoms with E-state index in [0.29, 0.717) is 6.42 Å². The van der Waals surface area contributed by atoms with Crippen LogP contribution in [0.3, 0.4) is 0 Å². The Morgan fingerprint density at radius 1 is 1.22 bits per heavy atom. The number of hydrogen-bond acceptors (Lipinski definition) is 3. The highest BCUT2D eigenvalue weighted by Crippen LogP contribution is 2.34. The third-order valence-corrected chi connectivity index (χ3v) is 4.06. The zero-order valence-electron chi connectivity index (χ0n) is 13.6. The standard InChI is InChI=1S/C19H20N2O2/c1-13-6-4-7-15(10-13)18-12-19(21(20-18)14(2)22)16-8-5-9-17(11-16)23-3/h4-11,19H,12H2,1-3H3/t19-/m1/s1. The monoisotopic (exact) mass is 308 g/mol. The fourth-order valence-corrected chi connectivity index (χ4v) is 2.91. The summed E-state index contributed by atoms with van der Waals surface area (Å²) in [5.74, 6) is 0.732. The molecule has 3 rings (SSSR count). The van der Waals surface area contributed by atoms with Crippen LogP contribution in [0, 0.1) is 6.92 Å². The van der Waals surface area contributed by atoms with Crippen molar-refractivity contribution in [2.24, 2.45) is 5.10 Å². The molecule has 0 aliphatic carbocycles. The maximum Gasteiger partial charge on any atom is 0.240 e. The summed E-state index contributed by atoms with van der Waals surface area (Å²) in [4.78, 5) is 12.0. The molecule has 2 aromatic rings. The Morgan fingerprint density at radius 2 is 2.00 bits per heavy atom. The van der Waals surface area contributed by atoms with Crippen molar-refractivity contribution in [1.29, 1.82) is 0 Å². The van der Waals surface area contributed by atoms with Gasteiger partial charge in [-0.15, -0.1) is 0 Å². The first-order valence-corrected chi connectivity index (χ1v) is 7.67. The molecule has 0 fully saturated rings. The van der Waals surface area contributed by atoms with Crippen LogP contribution in [0.4, 0.5) is 0 Å². The van der Waals surface area contributed by atoms with Crippen molar-refractivity contribution in [2.75, 3.05) is 7.11 Å². The number of carbonyl (C=O) groups is 1. The molecule has 0 N–H and O–H groups in total. The lowest BCUT2D eigenvalue weighted by Crippen LogP contribution is -2.24. The van der Waals surface area contributed by atoms with E-state index in [4.69, 9.17) is 4.74 Å². The van der Waals surface area contributed by atoms with Gasteiger partial charge >= 0.3 is 0 Å². The van der Waals surface area contributed by atoms with E-state index in [1.165, 1.54) is 5.56 Å². The minimum Gasteiger partial charge on any atom is -0.497 e. The van der Waals surface area contributed by atoms with Gasteiger partial charge in [0.05, 0.1) is 18.9 Å². The summed E-state index contributed by atoms with van der Waals surface area (Å²) in [6.07, 6.45) is 0.705. The van der Waals surface area contributed by atoms with Crippen LogP contribution in [0.5, 0.6) is 5.75 Å². The van der Waals surface area contributed by atoms with E-state index in [-0.39, 0.29) is 11.9 Å². The number of nitrogens with zero attached hydrogens (tertiary/aromatic N) is 2. The van der Waals surface area contributed by atoms with Crippen LogP contribution in [0.1, 0.15) is 36.1 Å². The van der Waals surface area contributed by atoms with Crippen LogP contribution in [0.2, 0.25) is 0 Å². The summed E-state index contributed by atoms with van der Waals surface area (Å²) in [5.41, 5.74) is 4.23. The number of benzene rings is 2. The Balaban J connectivity index is 1.95. The number of ether oxygens (including phenoxy) is 1. The normalized spacial score (nSPS) is 17.1. The summed E-state index contributed by atoms with van der Waals surface area (Å²) >= 11 is 0. The first kappa shape index (κ1) is 15.3. The number of rotatable bonds is 3. The highest BCUT2D eigenvalue weighted by atomic mass is 16.5. The van der Waals surface area contributed by atoms with E-state index >= 15 is 0 Å². The van der Waals surface area contributed by atoms with Gasteiger partial charge < -0.3 is 4.74 Å². The highest BCUT2D eigenvalue weighted by Gasteiger charge is 2.31. The molecule has 0 radical (unpaired) electrons. The molecule has 1 heterocycles. The lowest BCUT2D eigenvalue weighted by Gasteiger charge is -2.20. The van der Waals surface area contributed by atoms with Gasteiger partial charge in [-0.3, -0.25) is 4.79 Å². The number of amides is 1. The topological polar surface area (TPSA) is 41.9 Å². The molecule has 0 saturated heterocycles. The van der Waals surface area contributed by atoms with Crippen LogP contribution in [0.25, 0.3) is 0 Å². The molecular formula is C19H20N2O2. The summed E-state index contributed by atoms with van der Waals surface area (Å²) < 4.78 is 5.30. The van der Waals surface area contributed by atoms with Crippen molar-refractivity contribution in [3.63, 3.8) is 0 Å². The Bertz CT molecular complexity index is 767. The Morgan fingerprint density at radius 3 is 2.70 bits per heavy atom. The number of aryl methyl sites for hydroxylation is 1. The molecular weight excluding hydrogens is 288 g/mol. The van der Waals surface area contributed by atoms with Crippen LogP contribution >= 0.6 is 0 Å². The average molecular weight is 308 g/mol. The SMILES string of the molecule is COc1cccc([C@H]2CC(c3cccc(C)c3)=NN2C(C)=O)c1. The third-order valence-electron chi connectivity index (χ3n) is 4.06. The Hall–Kier alpha value is -2.62. The second-order valence-electron chi connectivity index (χ2n) is 5.78. The predicted molar refractivity (Wildman–Crippen MR) is 90.6 cm³/mol. The summed E-state index contributed by atoms with van der Waals surface area (Å²) in [6.45, 7) is 3.61. The summed E-state index contributed by atoms with van der Waals surface area (Å²) in [7, 11) is 1.64. The first-order valence-electron chi connectivity index (χ1n) is 7.67. The van der Waals surface area contributed by atoms with Gasteiger partial charge in [-0.2, -0.15) is 5.10 Å². The minimum absolute atomic E-state index is 0.0551. The van der Waals surface area contributed by atoms with Gasteiger partial charge in [0.2, 0.25) is 5.91 Å². The number of methoxy groups -OCH3 is 1. The fourth-order valence-electron chi connectivity index (χ4n) is 2.91. The maximum atomic E-state index is 12.0. The molecule has 4 heteroatoms. The largest absolute Gasteiger partial charge is 0.497 e. The van der Waals surface area contributed by atoms with Gasteiger partial charge in [0, 0.05) is 13.3 Å². The van der Waals surface area contributed by atoms with Crippen LogP contribution in [0.15, 0.2) is 53.6 Å². The average Bonchev–Trinajstić information content (AvgIpc) is 3.00. The van der Waals surface area contributed by atoms with Crippen LogP contribution in [-0.2, 0) is 4.79 Å². The van der Waals surface area contributed by atoms with E-state index in [2.05, 4.69) is 24.2 Å². The van der Waals surface area contributed by atoms with Crippen LogP contribution in [-0.4, -0.2) is 23.7 Å². The fraction of sp³-hybridized carbons (Fsp3) is 0.263. The molecule has 23 heavy (non-hydrogen) atoms. The van der Waals surface area contributed by atoms with Gasteiger partial charge in [0.15, 0.2) is 0 Å².